The number of hydrogen-bond donors (Lipinski definition) is 0. The largest absolute Gasteiger partial charge is 0.383 e. The third kappa shape index (κ3) is 5.63. The molecule has 1 atom stereocenters. The molecule has 0 radical (unpaired) electrons. The van der Waals surface area contributed by atoms with Gasteiger partial charge >= 0.3 is 0 Å². The van der Waals surface area contributed by atoms with Gasteiger partial charge in [0.2, 0.25) is 5.91 Å². The van der Waals surface area contributed by atoms with Gasteiger partial charge in [-0.05, 0) is 44.3 Å². The number of hydrogen-bond acceptors (Lipinski definition) is 4. The molecule has 5 nitrogen and oxygen atoms in total. The van der Waals surface area contributed by atoms with E-state index in [4.69, 9.17) is 4.74 Å². The van der Waals surface area contributed by atoms with Crippen LogP contribution in [0.2, 0.25) is 0 Å². The van der Waals surface area contributed by atoms with Crippen molar-refractivity contribution < 1.29 is 14.3 Å². The number of benzene rings is 1. The average Bonchev–Trinajstić information content (AvgIpc) is 2.73. The summed E-state index contributed by atoms with van der Waals surface area (Å²) in [5.74, 6) is 0.642. The van der Waals surface area contributed by atoms with Crippen LogP contribution in [-0.4, -0.2) is 67.9 Å². The zero-order valence-corrected chi connectivity index (χ0v) is 16.4. The first-order valence-corrected chi connectivity index (χ1v) is 10.2. The lowest BCUT2D eigenvalue weighted by molar-refractivity contribution is -0.140. The number of ether oxygens (including phenoxy) is 1. The van der Waals surface area contributed by atoms with Gasteiger partial charge < -0.3 is 14.5 Å². The quantitative estimate of drug-likeness (QED) is 0.737. The minimum atomic E-state index is -0.00954. The van der Waals surface area contributed by atoms with Gasteiger partial charge in [0.1, 0.15) is 5.78 Å². The Morgan fingerprint density at radius 2 is 1.78 bits per heavy atom. The molecule has 0 aromatic heterocycles. The molecule has 0 N–H and O–H groups in total. The van der Waals surface area contributed by atoms with E-state index in [1.54, 1.807) is 7.11 Å². The lowest BCUT2D eigenvalue weighted by Crippen LogP contribution is -2.47. The van der Waals surface area contributed by atoms with Gasteiger partial charge in [-0.2, -0.15) is 0 Å². The molecule has 27 heavy (non-hydrogen) atoms. The van der Waals surface area contributed by atoms with Crippen LogP contribution < -0.4 is 0 Å². The van der Waals surface area contributed by atoms with Gasteiger partial charge in [0, 0.05) is 45.0 Å². The Labute approximate surface area is 162 Å². The number of piperidine rings is 2. The molecule has 0 saturated carbocycles. The van der Waals surface area contributed by atoms with E-state index < -0.39 is 0 Å². The molecule has 2 aliphatic rings. The van der Waals surface area contributed by atoms with Crippen LogP contribution in [0.1, 0.15) is 31.2 Å². The van der Waals surface area contributed by atoms with Crippen LogP contribution in [0.4, 0.5) is 0 Å². The van der Waals surface area contributed by atoms with Gasteiger partial charge in [0.15, 0.2) is 0 Å². The number of carbonyl (C=O) groups excluding carboxylic acids is 2. The maximum absolute atomic E-state index is 13.0. The van der Waals surface area contributed by atoms with Crippen molar-refractivity contribution in [3.05, 3.63) is 35.9 Å². The Kier molecular flexibility index (Phi) is 7.41. The van der Waals surface area contributed by atoms with Crippen molar-refractivity contribution in [2.45, 2.75) is 32.1 Å². The molecule has 1 amide bonds. The fraction of sp³-hybridized carbons (Fsp3) is 0.636. The molecular weight excluding hydrogens is 340 g/mol. The minimum absolute atomic E-state index is 0.00954. The molecule has 0 aliphatic carbocycles. The maximum Gasteiger partial charge on any atom is 0.225 e. The minimum Gasteiger partial charge on any atom is -0.383 e. The lowest BCUT2D eigenvalue weighted by atomic mass is 9.88. The lowest BCUT2D eigenvalue weighted by Gasteiger charge is -2.37. The van der Waals surface area contributed by atoms with Crippen molar-refractivity contribution in [2.75, 3.05) is 46.4 Å². The molecule has 148 valence electrons. The predicted molar refractivity (Wildman–Crippen MR) is 105 cm³/mol. The van der Waals surface area contributed by atoms with Crippen molar-refractivity contribution in [3.63, 3.8) is 0 Å². The summed E-state index contributed by atoms with van der Waals surface area (Å²) < 4.78 is 5.14. The summed E-state index contributed by atoms with van der Waals surface area (Å²) in [6.45, 7) is 5.02. The summed E-state index contributed by atoms with van der Waals surface area (Å²) in [6.07, 6.45) is 4.16. The zero-order valence-electron chi connectivity index (χ0n) is 16.4. The van der Waals surface area contributed by atoms with Gasteiger partial charge in [-0.25, -0.2) is 0 Å². The third-order valence-corrected chi connectivity index (χ3v) is 5.96. The van der Waals surface area contributed by atoms with Gasteiger partial charge in [-0.15, -0.1) is 0 Å². The summed E-state index contributed by atoms with van der Waals surface area (Å²) in [7, 11) is 1.72. The first kappa shape index (κ1) is 20.0. The van der Waals surface area contributed by atoms with Crippen molar-refractivity contribution in [1.29, 1.82) is 0 Å². The fourth-order valence-electron chi connectivity index (χ4n) is 4.26. The number of carbonyl (C=O) groups is 2. The van der Waals surface area contributed by atoms with Crippen LogP contribution in [0, 0.1) is 11.8 Å². The van der Waals surface area contributed by atoms with Crippen molar-refractivity contribution >= 4 is 11.7 Å². The molecule has 3 rings (SSSR count). The Hall–Kier alpha value is -1.72. The van der Waals surface area contributed by atoms with Crippen molar-refractivity contribution in [3.8, 4) is 0 Å². The van der Waals surface area contributed by atoms with Gasteiger partial charge in [0.05, 0.1) is 6.61 Å². The number of amides is 1. The number of Topliss-reactive ketones (excluding diaryl/α,β-unsaturated/α-hetero) is 1. The number of rotatable bonds is 7. The SMILES string of the molecule is COCCN1CCC(C(=O)N2CCC[C@H](C(=O)Cc3ccccc3)C2)CC1. The summed E-state index contributed by atoms with van der Waals surface area (Å²) >= 11 is 0. The molecule has 2 heterocycles. The number of likely N-dealkylation sites (tertiary alicyclic amines) is 2. The van der Waals surface area contributed by atoms with Crippen LogP contribution in [0.5, 0.6) is 0 Å². The first-order valence-electron chi connectivity index (χ1n) is 10.2. The van der Waals surface area contributed by atoms with E-state index in [2.05, 4.69) is 4.90 Å². The van der Waals surface area contributed by atoms with E-state index in [-0.39, 0.29) is 23.5 Å². The molecular formula is C22H32N2O3. The topological polar surface area (TPSA) is 49.9 Å². The second kappa shape index (κ2) is 10.00. The van der Waals surface area contributed by atoms with E-state index in [1.165, 1.54) is 0 Å². The standard InChI is InChI=1S/C22H32N2O3/c1-27-15-14-23-12-9-19(10-13-23)22(26)24-11-5-8-20(17-24)21(25)16-18-6-3-2-4-7-18/h2-4,6-7,19-20H,5,8-17H2,1H3/t20-/m0/s1. The second-order valence-electron chi connectivity index (χ2n) is 7.86. The van der Waals surface area contributed by atoms with Crippen molar-refractivity contribution in [2.24, 2.45) is 11.8 Å². The number of nitrogens with zero attached hydrogens (tertiary/aromatic N) is 2. The Balaban J connectivity index is 1.49. The summed E-state index contributed by atoms with van der Waals surface area (Å²) in [6, 6.07) is 9.91. The molecule has 5 heteroatoms. The summed E-state index contributed by atoms with van der Waals surface area (Å²) in [5, 5.41) is 0. The normalized spacial score (nSPS) is 22.0. The average molecular weight is 373 g/mol. The summed E-state index contributed by atoms with van der Waals surface area (Å²) in [5.41, 5.74) is 1.06. The van der Waals surface area contributed by atoms with Crippen LogP contribution in [0.15, 0.2) is 30.3 Å². The van der Waals surface area contributed by atoms with Gasteiger partial charge in [-0.3, -0.25) is 9.59 Å². The Bertz CT molecular complexity index is 611. The van der Waals surface area contributed by atoms with E-state index in [1.807, 2.05) is 35.2 Å². The molecule has 2 fully saturated rings. The molecule has 0 bridgehead atoms. The van der Waals surface area contributed by atoms with Crippen LogP contribution in [0.3, 0.4) is 0 Å². The summed E-state index contributed by atoms with van der Waals surface area (Å²) in [4.78, 5) is 30.0. The molecule has 2 aliphatic heterocycles. The van der Waals surface area contributed by atoms with Gasteiger partial charge in [-0.1, -0.05) is 30.3 Å². The molecule has 1 aromatic carbocycles. The zero-order chi connectivity index (χ0) is 19.1. The highest BCUT2D eigenvalue weighted by molar-refractivity contribution is 5.85. The van der Waals surface area contributed by atoms with E-state index in [0.29, 0.717) is 13.0 Å². The number of methoxy groups -OCH3 is 1. The highest BCUT2D eigenvalue weighted by atomic mass is 16.5. The Morgan fingerprint density at radius 3 is 2.48 bits per heavy atom. The predicted octanol–water partition coefficient (Wildman–Crippen LogP) is 2.40. The highest BCUT2D eigenvalue weighted by Gasteiger charge is 2.33. The maximum atomic E-state index is 13.0. The van der Waals surface area contributed by atoms with Crippen LogP contribution in [-0.2, 0) is 20.7 Å². The molecule has 2 saturated heterocycles. The van der Waals surface area contributed by atoms with Crippen molar-refractivity contribution in [1.82, 2.24) is 9.80 Å². The van der Waals surface area contributed by atoms with E-state index in [0.717, 1.165) is 64.0 Å². The molecule has 0 unspecified atom stereocenters. The molecule has 1 aromatic rings. The van der Waals surface area contributed by atoms with Crippen LogP contribution >= 0.6 is 0 Å². The second-order valence-corrected chi connectivity index (χ2v) is 7.86. The monoisotopic (exact) mass is 372 g/mol. The third-order valence-electron chi connectivity index (χ3n) is 5.96. The smallest absolute Gasteiger partial charge is 0.225 e. The highest BCUT2D eigenvalue weighted by Crippen LogP contribution is 2.25. The van der Waals surface area contributed by atoms with E-state index in [9.17, 15) is 9.59 Å². The number of ketones is 1. The van der Waals surface area contributed by atoms with Gasteiger partial charge in [0.25, 0.3) is 0 Å². The molecule has 0 spiro atoms. The van der Waals surface area contributed by atoms with E-state index >= 15 is 0 Å². The van der Waals surface area contributed by atoms with Crippen LogP contribution in [0.25, 0.3) is 0 Å². The fourth-order valence-corrected chi connectivity index (χ4v) is 4.26. The first-order chi connectivity index (χ1) is 13.2. The Morgan fingerprint density at radius 1 is 1.04 bits per heavy atom.